The lowest BCUT2D eigenvalue weighted by Gasteiger charge is -2.03. The van der Waals surface area contributed by atoms with Gasteiger partial charge in [-0.05, 0) is 43.3 Å². The Morgan fingerprint density at radius 2 is 1.79 bits per heavy atom. The molecule has 0 radical (unpaired) electrons. The van der Waals surface area contributed by atoms with Gasteiger partial charge in [0.15, 0.2) is 17.6 Å². The largest absolute Gasteiger partial charge is 1.00 e. The Morgan fingerprint density at radius 3 is 2.42 bits per heavy atom. The van der Waals surface area contributed by atoms with Gasteiger partial charge in [0.05, 0.1) is 13.7 Å². The van der Waals surface area contributed by atoms with Gasteiger partial charge in [0.2, 0.25) is 5.78 Å². The fourth-order valence-corrected chi connectivity index (χ4v) is 3.03. The summed E-state index contributed by atoms with van der Waals surface area (Å²) in [6.07, 6.45) is 0. The molecule has 0 amide bonds. The van der Waals surface area contributed by atoms with Gasteiger partial charge in [-0.25, -0.2) is 9.13 Å². The minimum absolute atomic E-state index is 0. The molecule has 0 unspecified atom stereocenters. The smallest absolute Gasteiger partial charge is 0.254 e. The molecule has 0 saturated heterocycles. The number of Topliss-reactive ketones (excluding diaryl/α,β-unsaturated/α-hetero) is 1. The molecule has 126 valence electrons. The number of ether oxygens (including phenoxy) is 1. The number of hydrogen-bond donors (Lipinski definition) is 0. The van der Waals surface area contributed by atoms with E-state index in [1.807, 2.05) is 36.4 Å². The number of aryl methyl sites for hydroxylation is 1. The highest BCUT2D eigenvalue weighted by Gasteiger charge is 2.22. The molecule has 2 aromatic carbocycles. The second-order valence-electron chi connectivity index (χ2n) is 5.52. The Kier molecular flexibility index (Phi) is 5.78. The van der Waals surface area contributed by atoms with Crippen molar-refractivity contribution in [1.82, 2.24) is 4.57 Å². The quantitative estimate of drug-likeness (QED) is 0.460. The first kappa shape index (κ1) is 18.2. The number of imidazole rings is 1. The second-order valence-corrected chi connectivity index (χ2v) is 5.52. The van der Waals surface area contributed by atoms with Gasteiger partial charge < -0.3 is 21.7 Å². The molecule has 0 spiro atoms. The van der Waals surface area contributed by atoms with E-state index in [1.165, 1.54) is 0 Å². The first-order valence-electron chi connectivity index (χ1n) is 7.80. The number of fused-ring (bicyclic) bond motifs is 1. The van der Waals surface area contributed by atoms with Crippen molar-refractivity contribution in [2.45, 2.75) is 26.9 Å². The zero-order valence-electron chi connectivity index (χ0n) is 14.1. The first-order chi connectivity index (χ1) is 11.2. The van der Waals surface area contributed by atoms with Crippen LogP contribution in [0.25, 0.3) is 11.0 Å². The number of ketones is 1. The topological polar surface area (TPSA) is 35.1 Å². The Labute approximate surface area is 152 Å². The predicted molar refractivity (Wildman–Crippen MR) is 89.9 cm³/mol. The molecule has 0 aliphatic heterocycles. The fourth-order valence-electron chi connectivity index (χ4n) is 3.03. The van der Waals surface area contributed by atoms with E-state index < -0.39 is 0 Å². The number of para-hydroxylation sites is 2. The van der Waals surface area contributed by atoms with E-state index >= 15 is 0 Å². The van der Waals surface area contributed by atoms with Crippen LogP contribution in [0.4, 0.5) is 0 Å². The third kappa shape index (κ3) is 3.22. The predicted octanol–water partition coefficient (Wildman–Crippen LogP) is 0.153. The van der Waals surface area contributed by atoms with Gasteiger partial charge in [-0.15, -0.1) is 0 Å². The molecular weight excluding hydrogens is 368 g/mol. The van der Waals surface area contributed by atoms with Crippen molar-refractivity contribution < 1.29 is 31.1 Å². The molecule has 24 heavy (non-hydrogen) atoms. The van der Waals surface area contributed by atoms with Gasteiger partial charge in [-0.2, -0.15) is 0 Å². The number of methoxy groups -OCH3 is 1. The number of hydrogen-bond acceptors (Lipinski definition) is 2. The molecule has 1 heterocycles. The lowest BCUT2D eigenvalue weighted by Crippen LogP contribution is -3.00. The zero-order valence-corrected chi connectivity index (χ0v) is 15.7. The van der Waals surface area contributed by atoms with Gasteiger partial charge in [-0.1, -0.05) is 12.1 Å². The van der Waals surface area contributed by atoms with Crippen LogP contribution in [-0.4, -0.2) is 17.5 Å². The van der Waals surface area contributed by atoms with Crippen molar-refractivity contribution in [3.8, 4) is 5.75 Å². The molecular formula is C19H21BrN2O2. The molecule has 1 aromatic heterocycles. The van der Waals surface area contributed by atoms with Crippen LogP contribution in [0.15, 0.2) is 48.5 Å². The highest BCUT2D eigenvalue weighted by Crippen LogP contribution is 2.15. The summed E-state index contributed by atoms with van der Waals surface area (Å²) in [7, 11) is 1.62. The number of rotatable bonds is 5. The van der Waals surface area contributed by atoms with Gasteiger partial charge in [0, 0.05) is 12.5 Å². The van der Waals surface area contributed by atoms with Crippen LogP contribution in [0, 0.1) is 6.92 Å². The maximum Gasteiger partial charge on any atom is 0.254 e. The van der Waals surface area contributed by atoms with Gasteiger partial charge >= 0.3 is 0 Å². The van der Waals surface area contributed by atoms with Crippen LogP contribution < -0.4 is 26.3 Å². The summed E-state index contributed by atoms with van der Waals surface area (Å²) >= 11 is 0. The van der Waals surface area contributed by atoms with Crippen molar-refractivity contribution in [1.29, 1.82) is 0 Å². The minimum Gasteiger partial charge on any atom is -1.00 e. The molecule has 0 aliphatic rings. The number of halogens is 1. The molecule has 0 aliphatic carbocycles. The molecule has 3 rings (SSSR count). The molecule has 0 N–H and O–H groups in total. The monoisotopic (exact) mass is 388 g/mol. The van der Waals surface area contributed by atoms with E-state index in [0.717, 1.165) is 29.2 Å². The Hall–Kier alpha value is -2.14. The van der Waals surface area contributed by atoms with Crippen LogP contribution in [0.1, 0.15) is 23.1 Å². The maximum atomic E-state index is 12.6. The van der Waals surface area contributed by atoms with Crippen LogP contribution in [0.2, 0.25) is 0 Å². The van der Waals surface area contributed by atoms with E-state index in [0.29, 0.717) is 12.1 Å². The number of carbonyl (C=O) groups excluding carboxylic acids is 1. The zero-order chi connectivity index (χ0) is 16.4. The molecule has 0 atom stereocenters. The summed E-state index contributed by atoms with van der Waals surface area (Å²) in [5.74, 6) is 1.95. The Bertz CT molecular complexity index is 854. The number of aromatic nitrogens is 2. The van der Waals surface area contributed by atoms with Crippen LogP contribution in [0.3, 0.4) is 0 Å². The highest BCUT2D eigenvalue weighted by atomic mass is 79.9. The summed E-state index contributed by atoms with van der Waals surface area (Å²) in [5, 5.41) is 0. The van der Waals surface area contributed by atoms with Crippen LogP contribution >= 0.6 is 0 Å². The molecule has 0 bridgehead atoms. The third-order valence-corrected chi connectivity index (χ3v) is 4.27. The number of nitrogens with zero attached hydrogens (tertiary/aromatic N) is 2. The Morgan fingerprint density at radius 1 is 1.12 bits per heavy atom. The second kappa shape index (κ2) is 7.62. The summed E-state index contributed by atoms with van der Waals surface area (Å²) in [6, 6.07) is 15.5. The average Bonchev–Trinajstić information content (AvgIpc) is 2.86. The Balaban J connectivity index is 0.00000208. The van der Waals surface area contributed by atoms with Gasteiger partial charge in [0.1, 0.15) is 5.75 Å². The molecule has 3 aromatic rings. The lowest BCUT2D eigenvalue weighted by atomic mass is 10.1. The van der Waals surface area contributed by atoms with E-state index in [-0.39, 0.29) is 22.8 Å². The van der Waals surface area contributed by atoms with Crippen LogP contribution in [0.5, 0.6) is 5.75 Å². The number of carbonyl (C=O) groups is 1. The first-order valence-corrected chi connectivity index (χ1v) is 7.80. The number of benzene rings is 2. The molecule has 0 fully saturated rings. The van der Waals surface area contributed by atoms with E-state index in [9.17, 15) is 4.79 Å². The van der Waals surface area contributed by atoms with E-state index in [1.54, 1.807) is 7.11 Å². The summed E-state index contributed by atoms with van der Waals surface area (Å²) in [6.45, 7) is 5.40. The van der Waals surface area contributed by atoms with Crippen molar-refractivity contribution >= 4 is 16.8 Å². The molecule has 5 heteroatoms. The van der Waals surface area contributed by atoms with E-state index in [4.69, 9.17) is 4.74 Å². The summed E-state index contributed by atoms with van der Waals surface area (Å²) in [5.41, 5.74) is 2.95. The summed E-state index contributed by atoms with van der Waals surface area (Å²) in [4.78, 5) is 12.6. The minimum atomic E-state index is 0. The SMILES string of the molecule is CCn1c(C)[n+](CC(=O)c2ccc(OC)cc2)c2ccccc21.[Br-]. The summed E-state index contributed by atoms with van der Waals surface area (Å²) < 4.78 is 9.46. The normalized spacial score (nSPS) is 10.5. The lowest BCUT2D eigenvalue weighted by molar-refractivity contribution is -0.664. The average molecular weight is 389 g/mol. The van der Waals surface area contributed by atoms with Crippen molar-refractivity contribution in [2.75, 3.05) is 7.11 Å². The van der Waals surface area contributed by atoms with E-state index in [2.05, 4.69) is 35.1 Å². The molecule has 0 saturated carbocycles. The van der Waals surface area contributed by atoms with Crippen molar-refractivity contribution in [2.24, 2.45) is 0 Å². The van der Waals surface area contributed by atoms with Crippen molar-refractivity contribution in [3.63, 3.8) is 0 Å². The fraction of sp³-hybridized carbons (Fsp3) is 0.263. The third-order valence-electron chi connectivity index (χ3n) is 4.27. The van der Waals surface area contributed by atoms with Gasteiger partial charge in [-0.3, -0.25) is 4.79 Å². The highest BCUT2D eigenvalue weighted by molar-refractivity contribution is 5.95. The molecule has 4 nitrogen and oxygen atoms in total. The van der Waals surface area contributed by atoms with Crippen molar-refractivity contribution in [3.05, 3.63) is 59.9 Å². The van der Waals surface area contributed by atoms with Gasteiger partial charge in [0.25, 0.3) is 5.82 Å². The maximum absolute atomic E-state index is 12.6. The van der Waals surface area contributed by atoms with Crippen LogP contribution in [-0.2, 0) is 13.1 Å². The standard InChI is InChI=1S/C19H21N2O2.BrH/c1-4-20-14(2)21(18-8-6-5-7-17(18)20)13-19(22)15-9-11-16(23-3)12-10-15;/h5-12H,4,13H2,1-3H3;1H/q+1;/p-1.